The molecule has 1 saturated heterocycles. The van der Waals surface area contributed by atoms with E-state index in [-0.39, 0.29) is 30.1 Å². The Kier molecular flexibility index (Phi) is 5.94. The van der Waals surface area contributed by atoms with E-state index in [0.29, 0.717) is 17.7 Å². The summed E-state index contributed by atoms with van der Waals surface area (Å²) < 4.78 is 0. The van der Waals surface area contributed by atoms with E-state index in [9.17, 15) is 14.4 Å². The van der Waals surface area contributed by atoms with Gasteiger partial charge in [-0.3, -0.25) is 24.3 Å². The number of benzene rings is 1. The Labute approximate surface area is 177 Å². The van der Waals surface area contributed by atoms with Crippen LogP contribution in [0.4, 0.5) is 4.79 Å². The molecule has 2 N–H and O–H groups in total. The van der Waals surface area contributed by atoms with E-state index in [1.807, 2.05) is 36.5 Å². The van der Waals surface area contributed by atoms with E-state index < -0.39 is 0 Å². The Morgan fingerprint density at radius 2 is 2.07 bits per heavy atom. The number of hydrogen-bond acceptors (Lipinski definition) is 5. The molecule has 2 aromatic heterocycles. The maximum absolute atomic E-state index is 12.5. The molecule has 0 saturated carbocycles. The van der Waals surface area contributed by atoms with Gasteiger partial charge >= 0.3 is 0 Å². The van der Waals surface area contributed by atoms with Crippen molar-refractivity contribution in [3.8, 4) is 0 Å². The molecule has 152 valence electrons. The van der Waals surface area contributed by atoms with Crippen LogP contribution in [0.3, 0.4) is 0 Å². The van der Waals surface area contributed by atoms with Gasteiger partial charge in [-0.1, -0.05) is 24.3 Å². The fraction of sp³-hybridized carbons (Fsp3) is 0.182. The number of aromatic amines is 1. The highest BCUT2D eigenvalue weighted by molar-refractivity contribution is 8.18. The summed E-state index contributed by atoms with van der Waals surface area (Å²) in [5.74, 6) is -0.458. The van der Waals surface area contributed by atoms with Crippen molar-refractivity contribution in [2.45, 2.75) is 12.8 Å². The zero-order valence-corrected chi connectivity index (χ0v) is 16.9. The van der Waals surface area contributed by atoms with Gasteiger partial charge in [-0.05, 0) is 47.5 Å². The molecule has 0 spiro atoms. The number of carbonyl (C=O) groups excluding carboxylic acids is 3. The number of nitrogens with one attached hydrogen (secondary N) is 2. The molecule has 8 heteroatoms. The molecule has 1 fully saturated rings. The molecule has 1 aromatic carbocycles. The average molecular weight is 420 g/mol. The summed E-state index contributed by atoms with van der Waals surface area (Å²) in [7, 11) is 0. The van der Waals surface area contributed by atoms with Crippen molar-refractivity contribution < 1.29 is 14.4 Å². The Morgan fingerprint density at radius 1 is 1.20 bits per heavy atom. The summed E-state index contributed by atoms with van der Waals surface area (Å²) >= 11 is 0.900. The maximum atomic E-state index is 12.5. The monoisotopic (exact) mass is 420 g/mol. The molecule has 3 amide bonds. The maximum Gasteiger partial charge on any atom is 0.293 e. The van der Waals surface area contributed by atoms with Gasteiger partial charge in [0.2, 0.25) is 5.91 Å². The molecule has 0 radical (unpaired) electrons. The first-order valence-corrected chi connectivity index (χ1v) is 10.4. The molecule has 4 rings (SSSR count). The molecule has 0 atom stereocenters. The third kappa shape index (κ3) is 4.44. The normalized spacial score (nSPS) is 15.3. The van der Waals surface area contributed by atoms with E-state index in [1.165, 1.54) is 0 Å². The second-order valence-electron chi connectivity index (χ2n) is 6.83. The van der Waals surface area contributed by atoms with Gasteiger partial charge in [0, 0.05) is 49.0 Å². The van der Waals surface area contributed by atoms with Crippen molar-refractivity contribution in [3.63, 3.8) is 0 Å². The topological polar surface area (TPSA) is 95.2 Å². The van der Waals surface area contributed by atoms with Crippen LogP contribution in [0.2, 0.25) is 0 Å². The number of pyridine rings is 1. The quantitative estimate of drug-likeness (QED) is 0.572. The molecule has 1 aliphatic rings. The van der Waals surface area contributed by atoms with Gasteiger partial charge in [-0.25, -0.2) is 0 Å². The average Bonchev–Trinajstić information content (AvgIpc) is 3.29. The fourth-order valence-electron chi connectivity index (χ4n) is 3.29. The summed E-state index contributed by atoms with van der Waals surface area (Å²) in [6.45, 7) is 0.374. The first-order valence-electron chi connectivity index (χ1n) is 9.59. The van der Waals surface area contributed by atoms with Gasteiger partial charge in [0.25, 0.3) is 11.1 Å². The van der Waals surface area contributed by atoms with Crippen molar-refractivity contribution in [1.29, 1.82) is 0 Å². The highest BCUT2D eigenvalue weighted by Crippen LogP contribution is 2.31. The van der Waals surface area contributed by atoms with Gasteiger partial charge in [0.1, 0.15) is 0 Å². The highest BCUT2D eigenvalue weighted by atomic mass is 32.2. The van der Waals surface area contributed by atoms with E-state index in [1.54, 1.807) is 24.5 Å². The van der Waals surface area contributed by atoms with Crippen molar-refractivity contribution in [3.05, 3.63) is 71.0 Å². The van der Waals surface area contributed by atoms with Crippen LogP contribution in [0.15, 0.2) is 59.9 Å². The second-order valence-corrected chi connectivity index (χ2v) is 7.82. The van der Waals surface area contributed by atoms with Crippen LogP contribution < -0.4 is 5.32 Å². The van der Waals surface area contributed by atoms with Gasteiger partial charge < -0.3 is 10.3 Å². The Bertz CT molecular complexity index is 1120. The second kappa shape index (κ2) is 8.96. The number of carbonyl (C=O) groups is 3. The first-order chi connectivity index (χ1) is 14.6. The van der Waals surface area contributed by atoms with Crippen LogP contribution in [0.1, 0.15) is 17.5 Å². The fourth-order valence-corrected chi connectivity index (χ4v) is 4.15. The summed E-state index contributed by atoms with van der Waals surface area (Å²) in [5.41, 5.74) is 2.90. The van der Waals surface area contributed by atoms with Crippen molar-refractivity contribution in [1.82, 2.24) is 20.2 Å². The summed E-state index contributed by atoms with van der Waals surface area (Å²) in [6, 6.07) is 11.5. The number of aryl methyl sites for hydroxylation is 1. The van der Waals surface area contributed by atoms with Gasteiger partial charge in [0.05, 0.1) is 4.91 Å². The smallest absolute Gasteiger partial charge is 0.293 e. The number of rotatable bonds is 7. The van der Waals surface area contributed by atoms with Crippen LogP contribution in [0, 0.1) is 0 Å². The van der Waals surface area contributed by atoms with Crippen molar-refractivity contribution in [2.24, 2.45) is 0 Å². The molecule has 3 aromatic rings. The van der Waals surface area contributed by atoms with E-state index in [2.05, 4.69) is 15.3 Å². The van der Waals surface area contributed by atoms with Crippen LogP contribution >= 0.6 is 11.8 Å². The number of thioether (sulfide) groups is 1. The number of para-hydroxylation sites is 1. The van der Waals surface area contributed by atoms with E-state index in [0.717, 1.165) is 38.7 Å². The SMILES string of the molecule is O=C(CCc1c[nH]c2ccccc12)NCCN1C(=O)SC(=Cc2cccnc2)C1=O. The Morgan fingerprint density at radius 3 is 2.90 bits per heavy atom. The number of nitrogens with zero attached hydrogens (tertiary/aromatic N) is 2. The zero-order valence-electron chi connectivity index (χ0n) is 16.1. The lowest BCUT2D eigenvalue weighted by atomic mass is 10.1. The third-order valence-electron chi connectivity index (χ3n) is 4.81. The molecule has 1 aliphatic heterocycles. The highest BCUT2D eigenvalue weighted by Gasteiger charge is 2.34. The summed E-state index contributed by atoms with van der Waals surface area (Å²) in [6.07, 6.45) is 7.80. The lowest BCUT2D eigenvalue weighted by molar-refractivity contribution is -0.124. The predicted octanol–water partition coefficient (Wildman–Crippen LogP) is 3.35. The van der Waals surface area contributed by atoms with Crippen molar-refractivity contribution in [2.75, 3.05) is 13.1 Å². The molecule has 30 heavy (non-hydrogen) atoms. The number of imide groups is 1. The van der Waals surface area contributed by atoms with Crippen LogP contribution in [-0.4, -0.2) is 45.0 Å². The van der Waals surface area contributed by atoms with Gasteiger partial charge in [-0.2, -0.15) is 0 Å². The zero-order chi connectivity index (χ0) is 20.9. The molecule has 0 bridgehead atoms. The molecular formula is C22H20N4O3S. The lowest BCUT2D eigenvalue weighted by Crippen LogP contribution is -2.37. The number of hydrogen-bond donors (Lipinski definition) is 2. The first kappa shape index (κ1) is 19.9. The minimum absolute atomic E-state index is 0.113. The van der Waals surface area contributed by atoms with Crippen LogP contribution in [0.25, 0.3) is 17.0 Å². The number of fused-ring (bicyclic) bond motifs is 1. The van der Waals surface area contributed by atoms with Gasteiger partial charge in [0.15, 0.2) is 0 Å². The third-order valence-corrected chi connectivity index (χ3v) is 5.72. The summed E-state index contributed by atoms with van der Waals surface area (Å²) in [5, 5.41) is 3.58. The largest absolute Gasteiger partial charge is 0.361 e. The lowest BCUT2D eigenvalue weighted by Gasteiger charge is -2.13. The summed E-state index contributed by atoms with van der Waals surface area (Å²) in [4.78, 5) is 45.5. The predicted molar refractivity (Wildman–Crippen MR) is 117 cm³/mol. The van der Waals surface area contributed by atoms with E-state index in [4.69, 9.17) is 0 Å². The van der Waals surface area contributed by atoms with Crippen LogP contribution in [-0.2, 0) is 16.0 Å². The molecule has 7 nitrogen and oxygen atoms in total. The van der Waals surface area contributed by atoms with E-state index >= 15 is 0 Å². The Balaban J connectivity index is 1.26. The minimum Gasteiger partial charge on any atom is -0.361 e. The van der Waals surface area contributed by atoms with Gasteiger partial charge in [-0.15, -0.1) is 0 Å². The number of H-pyrrole nitrogens is 1. The van der Waals surface area contributed by atoms with Crippen molar-refractivity contribution >= 4 is 45.8 Å². The molecular weight excluding hydrogens is 400 g/mol. The number of aromatic nitrogens is 2. The van der Waals surface area contributed by atoms with Crippen LogP contribution in [0.5, 0.6) is 0 Å². The molecule has 0 unspecified atom stereocenters. The standard InChI is InChI=1S/C22H20N4O3S/c27-20(8-7-16-14-25-18-6-2-1-5-17(16)18)24-10-11-26-21(28)19(30-22(26)29)12-15-4-3-9-23-13-15/h1-6,9,12-14,25H,7-8,10-11H2,(H,24,27). The minimum atomic E-state index is -0.345. The Hall–Kier alpha value is -3.39. The number of amides is 3. The molecule has 3 heterocycles. The molecule has 0 aliphatic carbocycles.